The summed E-state index contributed by atoms with van der Waals surface area (Å²) in [5.41, 5.74) is 0. The van der Waals surface area contributed by atoms with Crippen LogP contribution in [0.4, 0.5) is 0 Å². The van der Waals surface area contributed by atoms with Crippen molar-refractivity contribution >= 4 is 10.0 Å². The summed E-state index contributed by atoms with van der Waals surface area (Å²) in [7, 11) is -3.66. The van der Waals surface area contributed by atoms with Gasteiger partial charge in [-0.25, -0.2) is 13.1 Å². The van der Waals surface area contributed by atoms with Crippen LogP contribution in [0.2, 0.25) is 0 Å². The molecule has 0 bridgehead atoms. The highest BCUT2D eigenvalue weighted by Crippen LogP contribution is 2.13. The zero-order chi connectivity index (χ0) is 12.9. The Labute approximate surface area is 100 Å². The average molecular weight is 263 g/mol. The SMILES string of the molecule is CC(O)CCCNS(=O)(=O)c1ccc(CO)o1. The fourth-order valence-electron chi connectivity index (χ4n) is 1.26. The molecule has 0 amide bonds. The highest BCUT2D eigenvalue weighted by atomic mass is 32.2. The Hall–Kier alpha value is -0.890. The van der Waals surface area contributed by atoms with E-state index in [0.29, 0.717) is 12.8 Å². The molecule has 7 heteroatoms. The third kappa shape index (κ3) is 4.47. The van der Waals surface area contributed by atoms with Crippen LogP contribution >= 0.6 is 0 Å². The van der Waals surface area contributed by atoms with E-state index in [0.717, 1.165) is 0 Å². The average Bonchev–Trinajstić information content (AvgIpc) is 2.73. The molecule has 1 atom stereocenters. The lowest BCUT2D eigenvalue weighted by atomic mass is 10.2. The number of hydrogen-bond acceptors (Lipinski definition) is 5. The third-order valence-corrected chi connectivity index (χ3v) is 3.48. The summed E-state index contributed by atoms with van der Waals surface area (Å²) in [6.07, 6.45) is 0.636. The molecule has 1 heterocycles. The molecule has 0 radical (unpaired) electrons. The number of aliphatic hydroxyl groups is 2. The molecule has 0 saturated carbocycles. The van der Waals surface area contributed by atoms with Gasteiger partial charge in [0.25, 0.3) is 10.0 Å². The van der Waals surface area contributed by atoms with Crippen LogP contribution in [-0.2, 0) is 16.6 Å². The first-order chi connectivity index (χ1) is 7.95. The lowest BCUT2D eigenvalue weighted by Gasteiger charge is -2.05. The van der Waals surface area contributed by atoms with Gasteiger partial charge in [-0.15, -0.1) is 0 Å². The smallest absolute Gasteiger partial charge is 0.273 e. The van der Waals surface area contributed by atoms with Crippen LogP contribution in [-0.4, -0.2) is 31.3 Å². The third-order valence-electron chi connectivity index (χ3n) is 2.15. The second-order valence-electron chi connectivity index (χ2n) is 3.77. The van der Waals surface area contributed by atoms with Crippen molar-refractivity contribution in [3.63, 3.8) is 0 Å². The van der Waals surface area contributed by atoms with Crippen LogP contribution in [0.1, 0.15) is 25.5 Å². The largest absolute Gasteiger partial charge is 0.446 e. The molecule has 1 aromatic heterocycles. The summed E-state index contributed by atoms with van der Waals surface area (Å²) in [6, 6.07) is 2.70. The Morgan fingerprint density at radius 2 is 2.18 bits per heavy atom. The quantitative estimate of drug-likeness (QED) is 0.611. The molecule has 1 rings (SSSR count). The van der Waals surface area contributed by atoms with Crippen LogP contribution < -0.4 is 4.72 Å². The first-order valence-corrected chi connectivity index (χ1v) is 6.81. The van der Waals surface area contributed by atoms with Crippen molar-refractivity contribution in [3.05, 3.63) is 17.9 Å². The monoisotopic (exact) mass is 263 g/mol. The molecule has 17 heavy (non-hydrogen) atoms. The Morgan fingerprint density at radius 3 is 2.71 bits per heavy atom. The number of aliphatic hydroxyl groups excluding tert-OH is 2. The molecule has 1 aromatic rings. The minimum absolute atomic E-state index is 0.203. The van der Waals surface area contributed by atoms with Crippen molar-refractivity contribution in [3.8, 4) is 0 Å². The summed E-state index contributed by atoms with van der Waals surface area (Å²) in [5.74, 6) is 0.203. The molecule has 0 aliphatic heterocycles. The topological polar surface area (TPSA) is 99.8 Å². The molecule has 0 saturated heterocycles. The van der Waals surface area contributed by atoms with Gasteiger partial charge in [-0.1, -0.05) is 0 Å². The second-order valence-corrected chi connectivity index (χ2v) is 5.47. The molecule has 0 spiro atoms. The standard InChI is InChI=1S/C10H17NO5S/c1-8(13)3-2-6-11-17(14,15)10-5-4-9(7-12)16-10/h4-5,8,11-13H,2-3,6-7H2,1H3. The molecule has 0 aliphatic rings. The van der Waals surface area contributed by atoms with E-state index in [4.69, 9.17) is 14.6 Å². The predicted molar refractivity (Wildman–Crippen MR) is 60.7 cm³/mol. The van der Waals surface area contributed by atoms with Gasteiger partial charge in [0.05, 0.1) is 6.10 Å². The lowest BCUT2D eigenvalue weighted by Crippen LogP contribution is -2.25. The zero-order valence-corrected chi connectivity index (χ0v) is 10.4. The van der Waals surface area contributed by atoms with E-state index in [1.54, 1.807) is 6.92 Å². The highest BCUT2D eigenvalue weighted by molar-refractivity contribution is 7.89. The highest BCUT2D eigenvalue weighted by Gasteiger charge is 2.17. The fraction of sp³-hybridized carbons (Fsp3) is 0.600. The van der Waals surface area contributed by atoms with Gasteiger partial charge in [-0.2, -0.15) is 0 Å². The van der Waals surface area contributed by atoms with E-state index < -0.39 is 16.1 Å². The molecule has 98 valence electrons. The van der Waals surface area contributed by atoms with Crippen LogP contribution in [0.3, 0.4) is 0 Å². The summed E-state index contributed by atoms with van der Waals surface area (Å²) >= 11 is 0. The van der Waals surface area contributed by atoms with E-state index in [1.807, 2.05) is 0 Å². The van der Waals surface area contributed by atoms with Gasteiger partial charge in [0.15, 0.2) is 0 Å². The molecular weight excluding hydrogens is 246 g/mol. The van der Waals surface area contributed by atoms with Gasteiger partial charge in [0.1, 0.15) is 12.4 Å². The molecule has 0 fully saturated rings. The maximum Gasteiger partial charge on any atom is 0.273 e. The number of rotatable bonds is 7. The van der Waals surface area contributed by atoms with Gasteiger partial charge in [-0.05, 0) is 31.9 Å². The van der Waals surface area contributed by atoms with E-state index >= 15 is 0 Å². The van der Waals surface area contributed by atoms with Gasteiger partial charge in [0.2, 0.25) is 5.09 Å². The zero-order valence-electron chi connectivity index (χ0n) is 9.59. The van der Waals surface area contributed by atoms with Gasteiger partial charge in [0, 0.05) is 6.54 Å². The summed E-state index contributed by atoms with van der Waals surface area (Å²) in [4.78, 5) is 0. The minimum Gasteiger partial charge on any atom is -0.446 e. The molecule has 0 aromatic carbocycles. The summed E-state index contributed by atoms with van der Waals surface area (Å²) in [6.45, 7) is 1.55. The number of furan rings is 1. The normalized spacial score (nSPS) is 13.8. The van der Waals surface area contributed by atoms with Crippen molar-refractivity contribution in [1.29, 1.82) is 0 Å². The fourth-order valence-corrected chi connectivity index (χ4v) is 2.28. The van der Waals surface area contributed by atoms with E-state index in [9.17, 15) is 8.42 Å². The molecule has 3 N–H and O–H groups in total. The van der Waals surface area contributed by atoms with Gasteiger partial charge in [-0.3, -0.25) is 0 Å². The molecule has 0 aliphatic carbocycles. The van der Waals surface area contributed by atoms with Crippen LogP contribution in [0.25, 0.3) is 0 Å². The molecular formula is C10H17NO5S. The van der Waals surface area contributed by atoms with Crippen LogP contribution in [0, 0.1) is 0 Å². The Bertz CT molecular complexity index is 437. The van der Waals surface area contributed by atoms with Crippen LogP contribution in [0.5, 0.6) is 0 Å². The number of nitrogens with one attached hydrogen (secondary N) is 1. The maximum atomic E-state index is 11.7. The van der Waals surface area contributed by atoms with Gasteiger partial charge < -0.3 is 14.6 Å². The Morgan fingerprint density at radius 1 is 1.47 bits per heavy atom. The van der Waals surface area contributed by atoms with E-state index in [2.05, 4.69) is 4.72 Å². The minimum atomic E-state index is -3.66. The second kappa shape index (κ2) is 6.15. The number of sulfonamides is 1. The summed E-state index contributed by atoms with van der Waals surface area (Å²) in [5, 5.41) is 17.6. The first-order valence-electron chi connectivity index (χ1n) is 5.33. The Balaban J connectivity index is 2.51. The van der Waals surface area contributed by atoms with Crippen molar-refractivity contribution in [1.82, 2.24) is 4.72 Å². The Kier molecular flexibility index (Phi) is 5.13. The predicted octanol–water partition coefficient (Wildman–Crippen LogP) is 0.211. The van der Waals surface area contributed by atoms with Crippen molar-refractivity contribution in [2.75, 3.05) is 6.54 Å². The van der Waals surface area contributed by atoms with Crippen LogP contribution in [0.15, 0.2) is 21.6 Å². The number of hydrogen-bond donors (Lipinski definition) is 3. The first kappa shape index (κ1) is 14.2. The van der Waals surface area contributed by atoms with Crippen molar-refractivity contribution < 1.29 is 23.0 Å². The van der Waals surface area contributed by atoms with E-state index in [1.165, 1.54) is 12.1 Å². The molecule has 6 nitrogen and oxygen atoms in total. The lowest BCUT2D eigenvalue weighted by molar-refractivity contribution is 0.182. The van der Waals surface area contributed by atoms with Crippen molar-refractivity contribution in [2.45, 2.75) is 37.6 Å². The van der Waals surface area contributed by atoms with Gasteiger partial charge >= 0.3 is 0 Å². The van der Waals surface area contributed by atoms with Crippen molar-refractivity contribution in [2.24, 2.45) is 0 Å². The summed E-state index contributed by atoms with van der Waals surface area (Å²) < 4.78 is 30.6. The van der Waals surface area contributed by atoms with E-state index in [-0.39, 0.29) is 24.0 Å². The molecule has 1 unspecified atom stereocenters. The maximum absolute atomic E-state index is 11.7.